The predicted molar refractivity (Wildman–Crippen MR) is 73.2 cm³/mol. The first kappa shape index (κ1) is 14.0. The molecule has 1 saturated carbocycles. The Kier molecular flexibility index (Phi) is 3.90. The van der Waals surface area contributed by atoms with Crippen LogP contribution in [0.15, 0.2) is 10.9 Å². The van der Waals surface area contributed by atoms with Gasteiger partial charge in [0.25, 0.3) is 0 Å². The minimum Gasteiger partial charge on any atom is -0.343 e. The van der Waals surface area contributed by atoms with Crippen LogP contribution in [-0.4, -0.2) is 45.5 Å². The number of carbonyl (C=O) groups is 2. The van der Waals surface area contributed by atoms with Crippen LogP contribution < -0.4 is 5.32 Å². The Morgan fingerprint density at radius 3 is 2.81 bits per heavy atom. The first-order valence-electron chi connectivity index (χ1n) is 7.55. The van der Waals surface area contributed by atoms with Crippen molar-refractivity contribution in [2.45, 2.75) is 50.5 Å². The summed E-state index contributed by atoms with van der Waals surface area (Å²) in [5.41, 5.74) is -0.677. The molecule has 7 heteroatoms. The molecular weight excluding hydrogens is 272 g/mol. The summed E-state index contributed by atoms with van der Waals surface area (Å²) in [5.74, 6) is 0.618. The Morgan fingerprint density at radius 2 is 2.10 bits per heavy atom. The van der Waals surface area contributed by atoms with E-state index in [1.165, 1.54) is 6.39 Å². The van der Waals surface area contributed by atoms with E-state index in [2.05, 4.69) is 15.5 Å². The van der Waals surface area contributed by atoms with Crippen LogP contribution in [0.3, 0.4) is 0 Å². The summed E-state index contributed by atoms with van der Waals surface area (Å²) in [5, 5.41) is 6.75. The SMILES string of the molecule is O=C1CCN(CCc2ncon2)C(=O)C2(CCCCC2)N1. The largest absolute Gasteiger partial charge is 0.343 e. The van der Waals surface area contributed by atoms with Crippen molar-refractivity contribution in [3.05, 3.63) is 12.2 Å². The molecule has 0 radical (unpaired) electrons. The number of hydrogen-bond acceptors (Lipinski definition) is 5. The molecule has 2 amide bonds. The van der Waals surface area contributed by atoms with Gasteiger partial charge in [-0.3, -0.25) is 9.59 Å². The van der Waals surface area contributed by atoms with Crippen molar-refractivity contribution in [1.29, 1.82) is 0 Å². The van der Waals surface area contributed by atoms with E-state index in [9.17, 15) is 9.59 Å². The molecule has 3 rings (SSSR count). The number of amides is 2. The van der Waals surface area contributed by atoms with E-state index in [0.717, 1.165) is 32.1 Å². The van der Waals surface area contributed by atoms with Crippen molar-refractivity contribution in [3.8, 4) is 0 Å². The van der Waals surface area contributed by atoms with Crippen molar-refractivity contribution >= 4 is 11.8 Å². The van der Waals surface area contributed by atoms with E-state index in [0.29, 0.717) is 31.8 Å². The third-order valence-electron chi connectivity index (χ3n) is 4.40. The fourth-order valence-corrected chi connectivity index (χ4v) is 3.27. The summed E-state index contributed by atoms with van der Waals surface area (Å²) in [6.45, 7) is 0.985. The van der Waals surface area contributed by atoms with E-state index < -0.39 is 5.54 Å². The van der Waals surface area contributed by atoms with E-state index in [4.69, 9.17) is 4.52 Å². The maximum absolute atomic E-state index is 12.9. The third kappa shape index (κ3) is 2.91. The van der Waals surface area contributed by atoms with Gasteiger partial charge in [-0.15, -0.1) is 0 Å². The monoisotopic (exact) mass is 292 g/mol. The molecule has 1 saturated heterocycles. The summed E-state index contributed by atoms with van der Waals surface area (Å²) in [7, 11) is 0. The van der Waals surface area contributed by atoms with Crippen LogP contribution in [0.5, 0.6) is 0 Å². The molecule has 21 heavy (non-hydrogen) atoms. The molecule has 1 aromatic rings. The fraction of sp³-hybridized carbons (Fsp3) is 0.714. The number of nitrogens with one attached hydrogen (secondary N) is 1. The molecule has 2 aliphatic rings. The van der Waals surface area contributed by atoms with Crippen molar-refractivity contribution in [2.24, 2.45) is 0 Å². The van der Waals surface area contributed by atoms with Crippen molar-refractivity contribution < 1.29 is 14.1 Å². The Hall–Kier alpha value is -1.92. The van der Waals surface area contributed by atoms with Gasteiger partial charge < -0.3 is 14.7 Å². The molecule has 1 N–H and O–H groups in total. The highest BCUT2D eigenvalue weighted by atomic mass is 16.5. The van der Waals surface area contributed by atoms with E-state index in [1.807, 2.05) is 0 Å². The van der Waals surface area contributed by atoms with Crippen LogP contribution in [0.1, 0.15) is 44.3 Å². The van der Waals surface area contributed by atoms with Crippen LogP contribution in [0.25, 0.3) is 0 Å². The lowest BCUT2D eigenvalue weighted by Gasteiger charge is -2.38. The van der Waals surface area contributed by atoms with Crippen molar-refractivity contribution in [3.63, 3.8) is 0 Å². The summed E-state index contributed by atoms with van der Waals surface area (Å²) in [6, 6.07) is 0. The normalized spacial score (nSPS) is 22.2. The number of nitrogens with zero attached hydrogens (tertiary/aromatic N) is 3. The lowest BCUT2D eigenvalue weighted by atomic mass is 9.80. The first-order chi connectivity index (χ1) is 10.2. The second-order valence-corrected chi connectivity index (χ2v) is 5.83. The van der Waals surface area contributed by atoms with Crippen LogP contribution in [0.2, 0.25) is 0 Å². The quantitative estimate of drug-likeness (QED) is 0.884. The zero-order valence-electron chi connectivity index (χ0n) is 12.0. The first-order valence-corrected chi connectivity index (χ1v) is 7.55. The van der Waals surface area contributed by atoms with Gasteiger partial charge in [-0.2, -0.15) is 4.98 Å². The second kappa shape index (κ2) is 5.83. The average Bonchev–Trinajstić information content (AvgIpc) is 2.97. The van der Waals surface area contributed by atoms with Crippen LogP contribution in [0.4, 0.5) is 0 Å². The van der Waals surface area contributed by atoms with E-state index >= 15 is 0 Å². The molecule has 0 bridgehead atoms. The van der Waals surface area contributed by atoms with Crippen molar-refractivity contribution in [2.75, 3.05) is 13.1 Å². The molecule has 0 unspecified atom stereocenters. The van der Waals surface area contributed by atoms with Gasteiger partial charge in [0.2, 0.25) is 18.2 Å². The summed E-state index contributed by atoms with van der Waals surface area (Å²) in [6.07, 6.45) is 6.80. The van der Waals surface area contributed by atoms with Gasteiger partial charge in [0.15, 0.2) is 5.82 Å². The Labute approximate surface area is 123 Å². The van der Waals surface area contributed by atoms with Gasteiger partial charge in [0.05, 0.1) is 0 Å². The van der Waals surface area contributed by atoms with Crippen LogP contribution in [-0.2, 0) is 16.0 Å². The molecule has 2 heterocycles. The highest BCUT2D eigenvalue weighted by Gasteiger charge is 2.44. The minimum absolute atomic E-state index is 0.0210. The number of aromatic nitrogens is 2. The molecule has 0 atom stereocenters. The Bertz CT molecular complexity index is 508. The van der Waals surface area contributed by atoms with E-state index in [1.54, 1.807) is 4.90 Å². The maximum atomic E-state index is 12.9. The van der Waals surface area contributed by atoms with Gasteiger partial charge in [-0.05, 0) is 12.8 Å². The number of rotatable bonds is 3. The molecule has 1 aliphatic heterocycles. The average molecular weight is 292 g/mol. The Balaban J connectivity index is 1.73. The summed E-state index contributed by atoms with van der Waals surface area (Å²) < 4.78 is 4.70. The lowest BCUT2D eigenvalue weighted by molar-refractivity contribution is -0.140. The molecule has 7 nitrogen and oxygen atoms in total. The summed E-state index contributed by atoms with van der Waals surface area (Å²) in [4.78, 5) is 30.6. The van der Waals surface area contributed by atoms with E-state index in [-0.39, 0.29) is 11.8 Å². The number of hydrogen-bond donors (Lipinski definition) is 1. The van der Waals surface area contributed by atoms with Gasteiger partial charge in [0.1, 0.15) is 5.54 Å². The van der Waals surface area contributed by atoms with Gasteiger partial charge >= 0.3 is 0 Å². The Morgan fingerprint density at radius 1 is 1.29 bits per heavy atom. The molecule has 114 valence electrons. The minimum atomic E-state index is -0.677. The van der Waals surface area contributed by atoms with Crippen molar-refractivity contribution in [1.82, 2.24) is 20.4 Å². The lowest BCUT2D eigenvalue weighted by Crippen LogP contribution is -2.58. The van der Waals surface area contributed by atoms with Gasteiger partial charge in [-0.1, -0.05) is 24.4 Å². The molecule has 0 aromatic carbocycles. The molecular formula is C14H20N4O3. The fourth-order valence-electron chi connectivity index (χ4n) is 3.27. The second-order valence-electron chi connectivity index (χ2n) is 5.83. The third-order valence-corrected chi connectivity index (χ3v) is 4.40. The summed E-state index contributed by atoms with van der Waals surface area (Å²) >= 11 is 0. The molecule has 2 fully saturated rings. The zero-order chi connectivity index (χ0) is 14.7. The van der Waals surface area contributed by atoms with Gasteiger partial charge in [0, 0.05) is 25.9 Å². The predicted octanol–water partition coefficient (Wildman–Crippen LogP) is 0.663. The highest BCUT2D eigenvalue weighted by Crippen LogP contribution is 2.31. The molecule has 1 spiro atoms. The molecule has 1 aliphatic carbocycles. The topological polar surface area (TPSA) is 88.3 Å². The van der Waals surface area contributed by atoms with Crippen LogP contribution >= 0.6 is 0 Å². The maximum Gasteiger partial charge on any atom is 0.248 e. The van der Waals surface area contributed by atoms with Crippen LogP contribution in [0, 0.1) is 0 Å². The smallest absolute Gasteiger partial charge is 0.248 e. The van der Waals surface area contributed by atoms with Gasteiger partial charge in [-0.25, -0.2) is 0 Å². The zero-order valence-corrected chi connectivity index (χ0v) is 12.0. The standard InChI is InChI=1S/C14H20N4O3/c19-12-5-9-18(8-4-11-15-10-21-17-11)13(20)14(16-12)6-2-1-3-7-14/h10H,1-9H2,(H,16,19). The molecule has 1 aromatic heterocycles. The highest BCUT2D eigenvalue weighted by molar-refractivity contribution is 5.93. The number of carbonyl (C=O) groups excluding carboxylic acids is 2.